The van der Waals surface area contributed by atoms with Crippen molar-refractivity contribution in [1.29, 1.82) is 0 Å². The molecule has 0 spiro atoms. The average Bonchev–Trinajstić information content (AvgIpc) is 2.27. The van der Waals surface area contributed by atoms with Gasteiger partial charge >= 0.3 is 5.97 Å². The van der Waals surface area contributed by atoms with Crippen LogP contribution in [0.25, 0.3) is 0 Å². The van der Waals surface area contributed by atoms with Gasteiger partial charge in [0.1, 0.15) is 5.02 Å². The molecule has 0 unspecified atom stereocenters. The summed E-state index contributed by atoms with van der Waals surface area (Å²) in [6.45, 7) is 0.599. The molecular weight excluding hydrogens is 260 g/mol. The molecule has 0 fully saturated rings. The Balaban J connectivity index is 2.42. The third kappa shape index (κ3) is 4.58. The summed E-state index contributed by atoms with van der Waals surface area (Å²) in [5.41, 5.74) is 0.550. The maximum absolute atomic E-state index is 10.5. The first-order chi connectivity index (χ1) is 8.50. The Bertz CT molecular complexity index is 451. The van der Waals surface area contributed by atoms with Crippen molar-refractivity contribution in [1.82, 2.24) is 0 Å². The van der Waals surface area contributed by atoms with E-state index in [1.54, 1.807) is 6.07 Å². The minimum atomic E-state index is -0.812. The summed E-state index contributed by atoms with van der Waals surface area (Å²) in [6, 6.07) is 4.39. The molecule has 0 bridgehead atoms. The molecule has 0 atom stereocenters. The van der Waals surface area contributed by atoms with E-state index >= 15 is 0 Å². The van der Waals surface area contributed by atoms with Crippen LogP contribution in [0, 0.1) is 10.1 Å². The monoisotopic (exact) mass is 272 g/mol. The number of nitro groups is 1. The third-order valence-electron chi connectivity index (χ3n) is 2.29. The topological polar surface area (TPSA) is 92.5 Å². The molecule has 2 N–H and O–H groups in total. The summed E-state index contributed by atoms with van der Waals surface area (Å²) >= 11 is 5.75. The lowest BCUT2D eigenvalue weighted by atomic mass is 10.2. The number of anilines is 1. The smallest absolute Gasteiger partial charge is 0.303 e. The van der Waals surface area contributed by atoms with Gasteiger partial charge in [-0.1, -0.05) is 11.6 Å². The van der Waals surface area contributed by atoms with Crippen LogP contribution in [0.4, 0.5) is 11.4 Å². The normalized spacial score (nSPS) is 10.1. The van der Waals surface area contributed by atoms with Gasteiger partial charge in [-0.3, -0.25) is 14.9 Å². The highest BCUT2D eigenvalue weighted by molar-refractivity contribution is 6.32. The third-order valence-corrected chi connectivity index (χ3v) is 2.59. The number of nitro benzene ring substituents is 1. The van der Waals surface area contributed by atoms with E-state index in [0.717, 1.165) is 0 Å². The second-order valence-electron chi connectivity index (χ2n) is 3.70. The number of nitrogens with one attached hydrogen (secondary N) is 1. The molecule has 0 radical (unpaired) electrons. The number of hydrogen-bond donors (Lipinski definition) is 2. The molecule has 0 heterocycles. The SMILES string of the molecule is O=C(O)CCCCNc1ccc([N+](=O)[O-])c(Cl)c1. The van der Waals surface area contributed by atoms with Crippen LogP contribution in [-0.4, -0.2) is 22.5 Å². The Morgan fingerprint density at radius 2 is 2.17 bits per heavy atom. The minimum absolute atomic E-state index is 0.0792. The number of unbranched alkanes of at least 4 members (excludes halogenated alkanes) is 1. The molecule has 7 heteroatoms. The Kier molecular flexibility index (Phi) is 5.38. The maximum atomic E-state index is 10.5. The number of carbonyl (C=O) groups is 1. The highest BCUT2D eigenvalue weighted by Crippen LogP contribution is 2.27. The molecule has 1 aromatic carbocycles. The molecule has 0 aliphatic rings. The second-order valence-corrected chi connectivity index (χ2v) is 4.11. The lowest BCUT2D eigenvalue weighted by Gasteiger charge is -2.06. The van der Waals surface area contributed by atoms with Crippen molar-refractivity contribution in [2.24, 2.45) is 0 Å². The highest BCUT2D eigenvalue weighted by Gasteiger charge is 2.11. The van der Waals surface area contributed by atoms with Gasteiger partial charge in [0, 0.05) is 24.7 Å². The molecule has 0 aliphatic heterocycles. The molecule has 18 heavy (non-hydrogen) atoms. The van der Waals surface area contributed by atoms with E-state index in [2.05, 4.69) is 5.32 Å². The number of hydrogen-bond acceptors (Lipinski definition) is 4. The highest BCUT2D eigenvalue weighted by atomic mass is 35.5. The number of nitrogens with zero attached hydrogens (tertiary/aromatic N) is 1. The Morgan fingerprint density at radius 1 is 1.44 bits per heavy atom. The van der Waals surface area contributed by atoms with Crippen LogP contribution >= 0.6 is 11.6 Å². The molecule has 98 valence electrons. The maximum Gasteiger partial charge on any atom is 0.303 e. The number of aliphatic carboxylic acids is 1. The summed E-state index contributed by atoms with van der Waals surface area (Å²) in [5.74, 6) is -0.812. The van der Waals surface area contributed by atoms with E-state index in [1.165, 1.54) is 12.1 Å². The van der Waals surface area contributed by atoms with Gasteiger partial charge in [0.05, 0.1) is 4.92 Å². The summed E-state index contributed by atoms with van der Waals surface area (Å²) in [5, 5.41) is 22.1. The Labute approximate surface area is 109 Å². The molecule has 0 aliphatic carbocycles. The quantitative estimate of drug-likeness (QED) is 0.452. The predicted molar refractivity (Wildman–Crippen MR) is 68.1 cm³/mol. The fraction of sp³-hybridized carbons (Fsp3) is 0.364. The van der Waals surface area contributed by atoms with Gasteiger partial charge in [0.25, 0.3) is 5.69 Å². The van der Waals surface area contributed by atoms with Crippen molar-refractivity contribution in [2.45, 2.75) is 19.3 Å². The van der Waals surface area contributed by atoms with Crippen LogP contribution in [0.2, 0.25) is 5.02 Å². The second kappa shape index (κ2) is 6.80. The van der Waals surface area contributed by atoms with Gasteiger partial charge in [-0.2, -0.15) is 0 Å². The molecule has 1 aromatic rings. The van der Waals surface area contributed by atoms with Gasteiger partial charge in [-0.25, -0.2) is 0 Å². The number of carboxylic acid groups (broad SMARTS) is 1. The van der Waals surface area contributed by atoms with Crippen molar-refractivity contribution in [3.05, 3.63) is 33.3 Å². The fourth-order valence-electron chi connectivity index (χ4n) is 1.40. The van der Waals surface area contributed by atoms with Gasteiger partial charge in [0.2, 0.25) is 0 Å². The average molecular weight is 273 g/mol. The van der Waals surface area contributed by atoms with Crippen molar-refractivity contribution >= 4 is 28.9 Å². The fourth-order valence-corrected chi connectivity index (χ4v) is 1.65. The molecule has 0 saturated heterocycles. The Hall–Kier alpha value is -1.82. The largest absolute Gasteiger partial charge is 0.481 e. The zero-order valence-electron chi connectivity index (χ0n) is 9.56. The predicted octanol–water partition coefficient (Wildman–Crippen LogP) is 2.92. The van der Waals surface area contributed by atoms with Gasteiger partial charge in [-0.15, -0.1) is 0 Å². The molecule has 1 rings (SSSR count). The number of carboxylic acids is 1. The lowest BCUT2D eigenvalue weighted by molar-refractivity contribution is -0.384. The van der Waals surface area contributed by atoms with E-state index in [9.17, 15) is 14.9 Å². The lowest BCUT2D eigenvalue weighted by Crippen LogP contribution is -2.03. The number of rotatable bonds is 7. The van der Waals surface area contributed by atoms with E-state index < -0.39 is 10.9 Å². The molecule has 6 nitrogen and oxygen atoms in total. The number of halogens is 1. The van der Waals surface area contributed by atoms with Crippen LogP contribution in [0.3, 0.4) is 0 Å². The summed E-state index contributed by atoms with van der Waals surface area (Å²) in [4.78, 5) is 20.3. The summed E-state index contributed by atoms with van der Waals surface area (Å²) in [7, 11) is 0. The number of benzene rings is 1. The standard InChI is InChI=1S/C11H13ClN2O4/c12-9-7-8(4-5-10(9)14(17)18)13-6-2-1-3-11(15)16/h4-5,7,13H,1-3,6H2,(H,15,16). The molecule has 0 amide bonds. The van der Waals surface area contributed by atoms with Gasteiger partial charge in [-0.05, 0) is 25.0 Å². The summed E-state index contributed by atoms with van der Waals surface area (Å²) < 4.78 is 0. The molecule has 0 saturated carbocycles. The first-order valence-electron chi connectivity index (χ1n) is 5.40. The first-order valence-corrected chi connectivity index (χ1v) is 5.78. The van der Waals surface area contributed by atoms with Gasteiger partial charge < -0.3 is 10.4 Å². The van der Waals surface area contributed by atoms with Gasteiger partial charge in [0.15, 0.2) is 0 Å². The zero-order valence-corrected chi connectivity index (χ0v) is 10.3. The zero-order chi connectivity index (χ0) is 13.5. The minimum Gasteiger partial charge on any atom is -0.481 e. The molecular formula is C11H13ClN2O4. The van der Waals surface area contributed by atoms with Crippen LogP contribution in [0.1, 0.15) is 19.3 Å². The van der Waals surface area contributed by atoms with Crippen molar-refractivity contribution in [2.75, 3.05) is 11.9 Å². The van der Waals surface area contributed by atoms with Crippen LogP contribution in [0.15, 0.2) is 18.2 Å². The van der Waals surface area contributed by atoms with Crippen LogP contribution < -0.4 is 5.32 Å². The van der Waals surface area contributed by atoms with Crippen molar-refractivity contribution in [3.8, 4) is 0 Å². The Morgan fingerprint density at radius 3 is 2.72 bits per heavy atom. The van der Waals surface area contributed by atoms with Crippen molar-refractivity contribution < 1.29 is 14.8 Å². The van der Waals surface area contributed by atoms with E-state index in [4.69, 9.17) is 16.7 Å². The summed E-state index contributed by atoms with van der Waals surface area (Å²) in [6.07, 6.45) is 1.44. The molecule has 0 aromatic heterocycles. The van der Waals surface area contributed by atoms with Crippen LogP contribution in [0.5, 0.6) is 0 Å². The van der Waals surface area contributed by atoms with E-state index in [-0.39, 0.29) is 17.1 Å². The van der Waals surface area contributed by atoms with E-state index in [0.29, 0.717) is 25.1 Å². The van der Waals surface area contributed by atoms with Crippen LogP contribution in [-0.2, 0) is 4.79 Å². The first kappa shape index (κ1) is 14.2. The van der Waals surface area contributed by atoms with E-state index in [1.807, 2.05) is 0 Å². The van der Waals surface area contributed by atoms with Crippen molar-refractivity contribution in [3.63, 3.8) is 0 Å².